The second kappa shape index (κ2) is 4.80. The van der Waals surface area contributed by atoms with Gasteiger partial charge in [0.25, 0.3) is 0 Å². The normalized spacial score (nSPS) is 30.5. The summed E-state index contributed by atoms with van der Waals surface area (Å²) >= 11 is 0. The van der Waals surface area contributed by atoms with Gasteiger partial charge >= 0.3 is 0 Å². The first-order valence-corrected chi connectivity index (χ1v) is 4.76. The van der Waals surface area contributed by atoms with E-state index in [1.54, 1.807) is 0 Å². The maximum Gasteiger partial charge on any atom is 0.0670 e. The van der Waals surface area contributed by atoms with Crippen LogP contribution in [0.5, 0.6) is 0 Å². The van der Waals surface area contributed by atoms with Crippen LogP contribution in [0.2, 0.25) is 0 Å². The Morgan fingerprint density at radius 1 is 1.58 bits per heavy atom. The molecule has 72 valence electrons. The molecule has 3 heteroatoms. The average Bonchev–Trinajstić information content (AvgIpc) is 2.16. The van der Waals surface area contributed by atoms with Gasteiger partial charge in [0, 0.05) is 6.61 Å². The van der Waals surface area contributed by atoms with E-state index < -0.39 is 0 Å². The van der Waals surface area contributed by atoms with Crippen LogP contribution in [-0.2, 0) is 4.74 Å². The van der Waals surface area contributed by atoms with Crippen LogP contribution in [0.4, 0.5) is 0 Å². The average molecular weight is 173 g/mol. The maximum atomic E-state index is 9.23. The molecule has 1 aliphatic heterocycles. The molecule has 0 saturated carbocycles. The molecule has 1 fully saturated rings. The maximum absolute atomic E-state index is 9.23. The molecule has 2 N–H and O–H groups in total. The van der Waals surface area contributed by atoms with Gasteiger partial charge in [0.05, 0.1) is 18.8 Å². The van der Waals surface area contributed by atoms with E-state index in [1.165, 1.54) is 0 Å². The van der Waals surface area contributed by atoms with E-state index in [2.05, 4.69) is 12.2 Å². The Morgan fingerprint density at radius 2 is 2.42 bits per heavy atom. The lowest BCUT2D eigenvalue weighted by molar-refractivity contribution is -0.00699. The highest BCUT2D eigenvalue weighted by atomic mass is 16.5. The molecule has 1 unspecified atom stereocenters. The van der Waals surface area contributed by atoms with Gasteiger partial charge in [-0.3, -0.25) is 0 Å². The van der Waals surface area contributed by atoms with Crippen molar-refractivity contribution in [2.45, 2.75) is 31.7 Å². The first-order chi connectivity index (χ1) is 5.83. The van der Waals surface area contributed by atoms with Gasteiger partial charge in [0.15, 0.2) is 0 Å². The minimum Gasteiger partial charge on any atom is -0.394 e. The van der Waals surface area contributed by atoms with Crippen molar-refractivity contribution in [3.05, 3.63) is 0 Å². The molecule has 0 spiro atoms. The van der Waals surface area contributed by atoms with Gasteiger partial charge in [-0.25, -0.2) is 0 Å². The third-order valence-corrected chi connectivity index (χ3v) is 2.38. The Morgan fingerprint density at radius 3 is 2.92 bits per heavy atom. The first kappa shape index (κ1) is 9.96. The van der Waals surface area contributed by atoms with Gasteiger partial charge in [-0.2, -0.15) is 0 Å². The van der Waals surface area contributed by atoms with Gasteiger partial charge in [-0.15, -0.1) is 0 Å². The van der Waals surface area contributed by atoms with Crippen molar-refractivity contribution in [2.75, 3.05) is 26.4 Å². The number of aliphatic hydroxyl groups is 1. The van der Waals surface area contributed by atoms with E-state index >= 15 is 0 Å². The molecule has 0 radical (unpaired) electrons. The third kappa shape index (κ3) is 2.44. The zero-order valence-corrected chi connectivity index (χ0v) is 7.81. The Hall–Kier alpha value is -0.120. The number of aliphatic hydroxyl groups excluding tert-OH is 1. The van der Waals surface area contributed by atoms with Crippen LogP contribution in [0.25, 0.3) is 0 Å². The Kier molecular flexibility index (Phi) is 3.98. The Bertz CT molecular complexity index is 122. The summed E-state index contributed by atoms with van der Waals surface area (Å²) in [5, 5.41) is 12.6. The SMILES string of the molecule is CCCNC1(CO)CCCOC1. The molecule has 0 aromatic heterocycles. The standard InChI is InChI=1S/C9H19NO2/c1-2-5-10-9(7-11)4-3-6-12-8-9/h10-11H,2-8H2,1H3. The second-order valence-corrected chi connectivity index (χ2v) is 3.52. The van der Waals surface area contributed by atoms with Crippen LogP contribution in [0.3, 0.4) is 0 Å². The van der Waals surface area contributed by atoms with Crippen molar-refractivity contribution in [1.29, 1.82) is 0 Å². The van der Waals surface area contributed by atoms with E-state index in [0.717, 1.165) is 32.4 Å². The van der Waals surface area contributed by atoms with Gasteiger partial charge in [0.1, 0.15) is 0 Å². The smallest absolute Gasteiger partial charge is 0.0670 e. The molecule has 3 nitrogen and oxygen atoms in total. The van der Waals surface area contributed by atoms with E-state index in [4.69, 9.17) is 4.74 Å². The molecule has 0 aromatic carbocycles. The fourth-order valence-electron chi connectivity index (χ4n) is 1.56. The van der Waals surface area contributed by atoms with Gasteiger partial charge < -0.3 is 15.2 Å². The quantitative estimate of drug-likeness (QED) is 0.651. The van der Waals surface area contributed by atoms with Gasteiger partial charge in [0.2, 0.25) is 0 Å². The predicted molar refractivity (Wildman–Crippen MR) is 48.2 cm³/mol. The van der Waals surface area contributed by atoms with Gasteiger partial charge in [-0.1, -0.05) is 6.92 Å². The lowest BCUT2D eigenvalue weighted by atomic mass is 9.93. The van der Waals surface area contributed by atoms with Gasteiger partial charge in [-0.05, 0) is 25.8 Å². The second-order valence-electron chi connectivity index (χ2n) is 3.52. The number of hydrogen-bond acceptors (Lipinski definition) is 3. The van der Waals surface area contributed by atoms with E-state index in [9.17, 15) is 5.11 Å². The zero-order chi connectivity index (χ0) is 8.86. The third-order valence-electron chi connectivity index (χ3n) is 2.38. The van der Waals surface area contributed by atoms with Crippen LogP contribution in [0, 0.1) is 0 Å². The summed E-state index contributed by atoms with van der Waals surface area (Å²) in [7, 11) is 0. The Labute approximate surface area is 74.1 Å². The van der Waals surface area contributed by atoms with Crippen molar-refractivity contribution < 1.29 is 9.84 Å². The van der Waals surface area contributed by atoms with E-state index in [1.807, 2.05) is 0 Å². The zero-order valence-electron chi connectivity index (χ0n) is 7.81. The summed E-state index contributed by atoms with van der Waals surface area (Å²) in [6.07, 6.45) is 3.18. The van der Waals surface area contributed by atoms with Crippen LogP contribution >= 0.6 is 0 Å². The summed E-state index contributed by atoms with van der Waals surface area (Å²) in [4.78, 5) is 0. The summed E-state index contributed by atoms with van der Waals surface area (Å²) in [5.41, 5.74) is -0.145. The van der Waals surface area contributed by atoms with Crippen molar-refractivity contribution in [3.8, 4) is 0 Å². The monoisotopic (exact) mass is 173 g/mol. The lowest BCUT2D eigenvalue weighted by Gasteiger charge is -2.36. The van der Waals surface area contributed by atoms with Crippen LogP contribution in [0.15, 0.2) is 0 Å². The molecular formula is C9H19NO2. The van der Waals surface area contributed by atoms with Crippen molar-refractivity contribution in [2.24, 2.45) is 0 Å². The molecule has 1 rings (SSSR count). The molecule has 0 amide bonds. The van der Waals surface area contributed by atoms with Crippen LogP contribution in [-0.4, -0.2) is 37.0 Å². The molecule has 1 aliphatic rings. The molecule has 0 aliphatic carbocycles. The minimum atomic E-state index is -0.145. The Balaban J connectivity index is 2.37. The number of rotatable bonds is 4. The van der Waals surface area contributed by atoms with Crippen LogP contribution in [0.1, 0.15) is 26.2 Å². The molecular weight excluding hydrogens is 154 g/mol. The van der Waals surface area contributed by atoms with Crippen molar-refractivity contribution in [1.82, 2.24) is 5.32 Å². The van der Waals surface area contributed by atoms with Crippen molar-refractivity contribution >= 4 is 0 Å². The molecule has 1 heterocycles. The highest BCUT2D eigenvalue weighted by Crippen LogP contribution is 2.18. The fourth-order valence-corrected chi connectivity index (χ4v) is 1.56. The fraction of sp³-hybridized carbons (Fsp3) is 1.00. The summed E-state index contributed by atoms with van der Waals surface area (Å²) in [6.45, 7) is 4.78. The number of nitrogens with one attached hydrogen (secondary N) is 1. The summed E-state index contributed by atoms with van der Waals surface area (Å²) in [6, 6.07) is 0. The highest BCUT2D eigenvalue weighted by molar-refractivity contribution is 4.89. The summed E-state index contributed by atoms with van der Waals surface area (Å²) < 4.78 is 5.35. The molecule has 0 aromatic rings. The summed E-state index contributed by atoms with van der Waals surface area (Å²) in [5.74, 6) is 0. The lowest BCUT2D eigenvalue weighted by Crippen LogP contribution is -2.54. The topological polar surface area (TPSA) is 41.5 Å². The minimum absolute atomic E-state index is 0.145. The first-order valence-electron chi connectivity index (χ1n) is 4.76. The molecule has 0 bridgehead atoms. The van der Waals surface area contributed by atoms with E-state index in [-0.39, 0.29) is 12.1 Å². The number of ether oxygens (including phenoxy) is 1. The largest absolute Gasteiger partial charge is 0.394 e. The van der Waals surface area contributed by atoms with E-state index in [0.29, 0.717) is 6.61 Å². The number of hydrogen-bond donors (Lipinski definition) is 2. The van der Waals surface area contributed by atoms with Crippen molar-refractivity contribution in [3.63, 3.8) is 0 Å². The molecule has 1 atom stereocenters. The predicted octanol–water partition coefficient (Wildman–Crippen LogP) is 0.527. The highest BCUT2D eigenvalue weighted by Gasteiger charge is 2.30. The molecule has 1 saturated heterocycles. The van der Waals surface area contributed by atoms with Crippen LogP contribution < -0.4 is 5.32 Å². The molecule has 12 heavy (non-hydrogen) atoms.